The van der Waals surface area contributed by atoms with Crippen molar-refractivity contribution in [3.63, 3.8) is 0 Å². The summed E-state index contributed by atoms with van der Waals surface area (Å²) in [6.07, 6.45) is 3.83. The first-order valence-electron chi connectivity index (χ1n) is 10.6. The molecule has 1 atom stereocenters. The molecule has 1 saturated carbocycles. The minimum atomic E-state index is -3.47. The second-order valence-electron chi connectivity index (χ2n) is 8.64. The van der Waals surface area contributed by atoms with Gasteiger partial charge in [-0.05, 0) is 54.0 Å². The van der Waals surface area contributed by atoms with Gasteiger partial charge in [-0.2, -0.15) is 0 Å². The number of sulfone groups is 1. The zero-order valence-electron chi connectivity index (χ0n) is 17.8. The number of ether oxygens (including phenoxy) is 1. The molecular weight excluding hydrogens is 437 g/mol. The lowest BCUT2D eigenvalue weighted by atomic mass is 10.0. The van der Waals surface area contributed by atoms with Crippen LogP contribution in [0, 0.1) is 11.7 Å². The molecule has 1 aliphatic heterocycles. The van der Waals surface area contributed by atoms with E-state index < -0.39 is 21.7 Å². The number of halogens is 1. The molecule has 1 aliphatic carbocycles. The topological polar surface area (TPSA) is 109 Å². The Bertz CT molecular complexity index is 1130. The first-order chi connectivity index (χ1) is 15.2. The van der Waals surface area contributed by atoms with Gasteiger partial charge in [-0.25, -0.2) is 17.6 Å². The average Bonchev–Trinajstić information content (AvgIpc) is 3.36. The van der Waals surface area contributed by atoms with E-state index in [0.717, 1.165) is 12.8 Å². The molecule has 172 valence electrons. The highest BCUT2D eigenvalue weighted by Gasteiger charge is 2.27. The van der Waals surface area contributed by atoms with Crippen LogP contribution in [0.15, 0.2) is 30.5 Å². The van der Waals surface area contributed by atoms with Crippen LogP contribution in [0.5, 0.6) is 5.75 Å². The fourth-order valence-corrected chi connectivity index (χ4v) is 5.41. The van der Waals surface area contributed by atoms with Gasteiger partial charge in [-0.3, -0.25) is 10.1 Å². The molecule has 0 spiro atoms. The van der Waals surface area contributed by atoms with E-state index in [9.17, 15) is 22.4 Å². The first kappa shape index (κ1) is 22.3. The Morgan fingerprint density at radius 3 is 2.72 bits per heavy atom. The van der Waals surface area contributed by atoms with E-state index in [1.165, 1.54) is 11.0 Å². The monoisotopic (exact) mass is 463 g/mol. The lowest BCUT2D eigenvalue weighted by Crippen LogP contribution is -2.27. The van der Waals surface area contributed by atoms with Crippen LogP contribution in [0.4, 0.5) is 9.18 Å². The highest BCUT2D eigenvalue weighted by atomic mass is 32.2. The van der Waals surface area contributed by atoms with Gasteiger partial charge in [0.2, 0.25) is 5.91 Å². The number of carbonyl (C=O) groups is 2. The minimum absolute atomic E-state index is 0.0147. The van der Waals surface area contributed by atoms with Crippen LogP contribution in [0.1, 0.15) is 42.5 Å². The molecule has 4 rings (SSSR count). The molecule has 8 nitrogen and oxygen atoms in total. The second-order valence-corrected chi connectivity index (χ2v) is 10.8. The van der Waals surface area contributed by atoms with Crippen LogP contribution < -0.4 is 10.1 Å². The largest absolute Gasteiger partial charge is 0.490 e. The van der Waals surface area contributed by atoms with Gasteiger partial charge in [0.25, 0.3) is 0 Å². The molecule has 0 radical (unpaired) electrons. The molecular formula is C22H26FN3O5S. The Hall–Kier alpha value is -2.88. The molecule has 2 fully saturated rings. The zero-order valence-corrected chi connectivity index (χ0v) is 18.6. The van der Waals surface area contributed by atoms with Crippen LogP contribution in [-0.4, -0.2) is 49.1 Å². The quantitative estimate of drug-likeness (QED) is 0.527. The Kier molecular flexibility index (Phi) is 6.23. The van der Waals surface area contributed by atoms with Crippen molar-refractivity contribution in [3.8, 4) is 5.75 Å². The lowest BCUT2D eigenvalue weighted by molar-refractivity contribution is -0.118. The standard InChI is InChI=1S/C22H26FN3O5S/c1-14(17-4-5-19(23)20(7-17)31-11-15-2-3-15)12-32(29,30)13-18-6-16(8-24-18)9-26-10-21(27)25-22(26)28/h4-8,14-15,24H,2-3,9-13H2,1H3,(H,25,27,28)/t14-/m0/s1. The SMILES string of the molecule is C[C@@H](CS(=O)(=O)Cc1cc(CN2CC(=O)NC2=O)c[nH]1)c1ccc(F)c(OCC2CC2)c1. The number of rotatable bonds is 10. The highest BCUT2D eigenvalue weighted by molar-refractivity contribution is 7.90. The number of benzene rings is 1. The van der Waals surface area contributed by atoms with Crippen LogP contribution in [-0.2, 0) is 26.9 Å². The molecule has 2 N–H and O–H groups in total. The number of aromatic amines is 1. The number of carbonyl (C=O) groups excluding carboxylic acids is 2. The zero-order chi connectivity index (χ0) is 22.9. The second kappa shape index (κ2) is 8.93. The molecule has 2 aromatic rings. The Morgan fingerprint density at radius 2 is 2.03 bits per heavy atom. The van der Waals surface area contributed by atoms with Gasteiger partial charge in [-0.15, -0.1) is 0 Å². The maximum absolute atomic E-state index is 14.0. The molecule has 3 amide bonds. The summed E-state index contributed by atoms with van der Waals surface area (Å²) in [5, 5.41) is 2.20. The van der Waals surface area contributed by atoms with Crippen molar-refractivity contribution in [1.29, 1.82) is 0 Å². The third-order valence-electron chi connectivity index (χ3n) is 5.62. The number of hydrogen-bond donors (Lipinski definition) is 2. The predicted octanol–water partition coefficient (Wildman–Crippen LogP) is 2.71. The summed E-state index contributed by atoms with van der Waals surface area (Å²) in [7, 11) is -3.47. The number of H-pyrrole nitrogens is 1. The number of nitrogens with zero attached hydrogens (tertiary/aromatic N) is 1. The summed E-state index contributed by atoms with van der Waals surface area (Å²) < 4.78 is 45.1. The van der Waals surface area contributed by atoms with Gasteiger partial charge in [0.05, 0.1) is 18.1 Å². The van der Waals surface area contributed by atoms with Crippen molar-refractivity contribution < 1.29 is 27.1 Å². The fraction of sp³-hybridized carbons (Fsp3) is 0.455. The van der Waals surface area contributed by atoms with Crippen LogP contribution in [0.3, 0.4) is 0 Å². The molecule has 2 heterocycles. The maximum Gasteiger partial charge on any atom is 0.324 e. The smallest absolute Gasteiger partial charge is 0.324 e. The number of urea groups is 1. The summed E-state index contributed by atoms with van der Waals surface area (Å²) in [6, 6.07) is 5.72. The van der Waals surface area contributed by atoms with Crippen molar-refractivity contribution >= 4 is 21.8 Å². The molecule has 32 heavy (non-hydrogen) atoms. The summed E-state index contributed by atoms with van der Waals surface area (Å²) in [4.78, 5) is 27.2. The summed E-state index contributed by atoms with van der Waals surface area (Å²) in [5.74, 6) is -0.773. The maximum atomic E-state index is 14.0. The summed E-state index contributed by atoms with van der Waals surface area (Å²) in [6.45, 7) is 2.47. The number of hydrogen-bond acceptors (Lipinski definition) is 5. The van der Waals surface area contributed by atoms with Crippen molar-refractivity contribution in [2.45, 2.75) is 38.0 Å². The van der Waals surface area contributed by atoms with E-state index in [-0.39, 0.29) is 42.2 Å². The van der Waals surface area contributed by atoms with Gasteiger partial charge in [0.1, 0.15) is 6.54 Å². The number of nitrogens with one attached hydrogen (secondary N) is 2. The lowest BCUT2D eigenvalue weighted by Gasteiger charge is -2.15. The van der Waals surface area contributed by atoms with Crippen molar-refractivity contribution in [1.82, 2.24) is 15.2 Å². The van der Waals surface area contributed by atoms with Gasteiger partial charge >= 0.3 is 6.03 Å². The van der Waals surface area contributed by atoms with Gasteiger partial charge in [-0.1, -0.05) is 13.0 Å². The van der Waals surface area contributed by atoms with E-state index in [4.69, 9.17) is 4.74 Å². The van der Waals surface area contributed by atoms with E-state index in [1.54, 1.807) is 31.3 Å². The number of amides is 3. The summed E-state index contributed by atoms with van der Waals surface area (Å²) in [5.41, 5.74) is 1.92. The van der Waals surface area contributed by atoms with Gasteiger partial charge in [0.15, 0.2) is 21.4 Å². The van der Waals surface area contributed by atoms with E-state index >= 15 is 0 Å². The van der Waals surface area contributed by atoms with Crippen LogP contribution in [0.2, 0.25) is 0 Å². The number of imide groups is 1. The average molecular weight is 464 g/mol. The Balaban J connectivity index is 1.36. The molecule has 0 bridgehead atoms. The predicted molar refractivity (Wildman–Crippen MR) is 115 cm³/mol. The molecule has 10 heteroatoms. The van der Waals surface area contributed by atoms with E-state index in [2.05, 4.69) is 10.3 Å². The number of aromatic nitrogens is 1. The fourth-order valence-electron chi connectivity index (χ4n) is 3.70. The molecule has 1 aromatic heterocycles. The highest BCUT2D eigenvalue weighted by Crippen LogP contribution is 2.31. The van der Waals surface area contributed by atoms with E-state index in [0.29, 0.717) is 29.3 Å². The molecule has 1 saturated heterocycles. The van der Waals surface area contributed by atoms with E-state index in [1.807, 2.05) is 0 Å². The Labute approximate surface area is 186 Å². The summed E-state index contributed by atoms with van der Waals surface area (Å²) >= 11 is 0. The first-order valence-corrected chi connectivity index (χ1v) is 12.4. The van der Waals surface area contributed by atoms with Gasteiger partial charge < -0.3 is 14.6 Å². The molecule has 1 aromatic carbocycles. The molecule has 0 unspecified atom stereocenters. The van der Waals surface area contributed by atoms with Crippen molar-refractivity contribution in [2.24, 2.45) is 5.92 Å². The van der Waals surface area contributed by atoms with Crippen molar-refractivity contribution in [2.75, 3.05) is 18.9 Å². The third kappa shape index (κ3) is 5.67. The van der Waals surface area contributed by atoms with Gasteiger partial charge in [0, 0.05) is 18.4 Å². The normalized spacial score (nSPS) is 17.5. The van der Waals surface area contributed by atoms with Crippen LogP contribution in [0.25, 0.3) is 0 Å². The molecule has 2 aliphatic rings. The minimum Gasteiger partial charge on any atom is -0.490 e. The third-order valence-corrected chi connectivity index (χ3v) is 7.38. The van der Waals surface area contributed by atoms with Crippen molar-refractivity contribution in [3.05, 3.63) is 53.1 Å². The van der Waals surface area contributed by atoms with Crippen LogP contribution >= 0.6 is 0 Å². The Morgan fingerprint density at radius 1 is 1.25 bits per heavy atom.